The van der Waals surface area contributed by atoms with E-state index in [9.17, 15) is 9.46 Å². The van der Waals surface area contributed by atoms with Gasteiger partial charge in [-0.25, -0.2) is 0 Å². The molecule has 0 saturated carbocycles. The van der Waals surface area contributed by atoms with Crippen molar-refractivity contribution in [3.8, 4) is 0 Å². The molecule has 0 amide bonds. The van der Waals surface area contributed by atoms with Crippen LogP contribution >= 0.6 is 7.60 Å². The molecule has 0 heterocycles. The van der Waals surface area contributed by atoms with E-state index in [1.807, 2.05) is 0 Å². The van der Waals surface area contributed by atoms with Crippen molar-refractivity contribution in [2.75, 3.05) is 6.61 Å². The lowest BCUT2D eigenvalue weighted by atomic mass is 10.1. The molecule has 0 aliphatic rings. The van der Waals surface area contributed by atoms with E-state index in [0.717, 1.165) is 12.8 Å². The second-order valence-electron chi connectivity index (χ2n) is 4.97. The lowest BCUT2D eigenvalue weighted by molar-refractivity contribution is 0.247. The third-order valence-electron chi connectivity index (χ3n) is 2.93. The topological polar surface area (TPSA) is 46.5 Å². The molecule has 17 heavy (non-hydrogen) atoms. The highest BCUT2D eigenvalue weighted by molar-refractivity contribution is 7.53. The summed E-state index contributed by atoms with van der Waals surface area (Å²) in [5, 5.41) is 0. The van der Waals surface area contributed by atoms with Gasteiger partial charge in [-0.3, -0.25) is 4.57 Å². The van der Waals surface area contributed by atoms with Crippen LogP contribution in [0.1, 0.15) is 72.1 Å². The van der Waals surface area contributed by atoms with Crippen LogP contribution in [-0.2, 0) is 9.09 Å². The summed E-state index contributed by atoms with van der Waals surface area (Å²) in [5.74, 6) is 0. The minimum Gasteiger partial charge on any atom is -0.324 e. The fourth-order valence-electron chi connectivity index (χ4n) is 1.58. The van der Waals surface area contributed by atoms with Crippen molar-refractivity contribution in [2.24, 2.45) is 0 Å². The zero-order valence-corrected chi connectivity index (χ0v) is 12.5. The van der Waals surface area contributed by atoms with Gasteiger partial charge in [0.15, 0.2) is 0 Å². The molecule has 1 unspecified atom stereocenters. The Morgan fingerprint density at radius 2 is 1.47 bits per heavy atom. The quantitative estimate of drug-likeness (QED) is 0.433. The van der Waals surface area contributed by atoms with Crippen molar-refractivity contribution in [1.82, 2.24) is 0 Å². The molecule has 0 aromatic heterocycles. The van der Waals surface area contributed by atoms with Gasteiger partial charge >= 0.3 is 7.60 Å². The fourth-order valence-corrected chi connectivity index (χ4v) is 2.27. The summed E-state index contributed by atoms with van der Waals surface area (Å²) in [6.45, 7) is 6.07. The Morgan fingerprint density at radius 1 is 1.00 bits per heavy atom. The first-order valence-corrected chi connectivity index (χ1v) is 8.62. The largest absolute Gasteiger partial charge is 0.330 e. The maximum atomic E-state index is 11.5. The summed E-state index contributed by atoms with van der Waals surface area (Å²) >= 11 is 0. The van der Waals surface area contributed by atoms with E-state index in [2.05, 4.69) is 6.92 Å². The first kappa shape index (κ1) is 17.2. The number of unbranched alkanes of at least 4 members (excludes halogenated alkanes) is 7. The minimum atomic E-state index is -3.33. The van der Waals surface area contributed by atoms with E-state index in [1.54, 1.807) is 13.8 Å². The Bertz CT molecular complexity index is 217. The van der Waals surface area contributed by atoms with Gasteiger partial charge in [-0.15, -0.1) is 0 Å². The highest BCUT2D eigenvalue weighted by Crippen LogP contribution is 2.46. The molecule has 0 aliphatic heterocycles. The van der Waals surface area contributed by atoms with E-state index in [-0.39, 0.29) is 5.66 Å². The van der Waals surface area contributed by atoms with Gasteiger partial charge in [0.1, 0.15) is 0 Å². The molecule has 0 aromatic rings. The van der Waals surface area contributed by atoms with Gasteiger partial charge in [0.2, 0.25) is 0 Å². The average Bonchev–Trinajstić information content (AvgIpc) is 2.26. The van der Waals surface area contributed by atoms with E-state index in [4.69, 9.17) is 4.52 Å². The van der Waals surface area contributed by atoms with Crippen LogP contribution in [0.2, 0.25) is 0 Å². The Hall–Kier alpha value is 0.150. The Kier molecular flexibility index (Phi) is 10.2. The number of rotatable bonds is 11. The van der Waals surface area contributed by atoms with Crippen LogP contribution in [0.25, 0.3) is 0 Å². The van der Waals surface area contributed by atoms with Crippen molar-refractivity contribution in [1.29, 1.82) is 0 Å². The molecule has 1 atom stereocenters. The maximum absolute atomic E-state index is 11.5. The molecule has 0 radical (unpaired) electrons. The molecule has 0 aromatic carbocycles. The van der Waals surface area contributed by atoms with Crippen LogP contribution in [0.4, 0.5) is 0 Å². The molecule has 104 valence electrons. The van der Waals surface area contributed by atoms with Gasteiger partial charge in [-0.1, -0.05) is 65.7 Å². The Balaban J connectivity index is 3.27. The Morgan fingerprint density at radius 3 is 1.94 bits per heavy atom. The van der Waals surface area contributed by atoms with E-state index in [0.29, 0.717) is 6.61 Å². The maximum Gasteiger partial charge on any atom is 0.330 e. The van der Waals surface area contributed by atoms with Crippen LogP contribution in [0.3, 0.4) is 0 Å². The van der Waals surface area contributed by atoms with E-state index in [1.165, 1.54) is 38.5 Å². The number of hydrogen-bond donors (Lipinski definition) is 1. The smallest absolute Gasteiger partial charge is 0.324 e. The van der Waals surface area contributed by atoms with Crippen molar-refractivity contribution in [2.45, 2.75) is 77.8 Å². The molecule has 0 spiro atoms. The highest BCUT2D eigenvalue weighted by Gasteiger charge is 2.23. The van der Waals surface area contributed by atoms with Crippen molar-refractivity contribution in [3.05, 3.63) is 0 Å². The zero-order valence-electron chi connectivity index (χ0n) is 11.7. The molecule has 3 nitrogen and oxygen atoms in total. The SMILES string of the molecule is CCCCCCCCCCOP(=O)(O)C(C)C. The second kappa shape index (κ2) is 10.1. The summed E-state index contributed by atoms with van der Waals surface area (Å²) in [7, 11) is -3.33. The van der Waals surface area contributed by atoms with Crippen molar-refractivity contribution in [3.63, 3.8) is 0 Å². The minimum absolute atomic E-state index is 0.295. The fraction of sp³-hybridized carbons (Fsp3) is 1.00. The van der Waals surface area contributed by atoms with E-state index < -0.39 is 7.60 Å². The zero-order chi connectivity index (χ0) is 13.1. The molecular weight excluding hydrogens is 235 g/mol. The molecule has 1 N–H and O–H groups in total. The van der Waals surface area contributed by atoms with Crippen LogP contribution in [-0.4, -0.2) is 17.2 Å². The van der Waals surface area contributed by atoms with Gasteiger partial charge in [0.25, 0.3) is 0 Å². The van der Waals surface area contributed by atoms with E-state index >= 15 is 0 Å². The highest BCUT2D eigenvalue weighted by atomic mass is 31.2. The first-order valence-electron chi connectivity index (χ1n) is 6.97. The van der Waals surface area contributed by atoms with Crippen LogP contribution in [0.5, 0.6) is 0 Å². The summed E-state index contributed by atoms with van der Waals surface area (Å²) < 4.78 is 16.5. The van der Waals surface area contributed by atoms with Crippen LogP contribution in [0.15, 0.2) is 0 Å². The van der Waals surface area contributed by atoms with Crippen LogP contribution < -0.4 is 0 Å². The van der Waals surface area contributed by atoms with Crippen molar-refractivity contribution < 1.29 is 14.0 Å². The number of hydrogen-bond acceptors (Lipinski definition) is 2. The van der Waals surface area contributed by atoms with Crippen LogP contribution in [0, 0.1) is 0 Å². The normalized spacial score (nSPS) is 15.1. The molecule has 0 rings (SSSR count). The average molecular weight is 264 g/mol. The van der Waals surface area contributed by atoms with Gasteiger partial charge in [-0.05, 0) is 6.42 Å². The molecule has 0 saturated heterocycles. The van der Waals surface area contributed by atoms with Gasteiger partial charge in [0, 0.05) is 0 Å². The molecular formula is C13H29O3P. The summed E-state index contributed by atoms with van der Waals surface area (Å²) in [4.78, 5) is 9.42. The third kappa shape index (κ3) is 9.82. The summed E-state index contributed by atoms with van der Waals surface area (Å²) in [5.41, 5.74) is -0.295. The molecule has 0 fully saturated rings. The van der Waals surface area contributed by atoms with Crippen molar-refractivity contribution >= 4 is 7.60 Å². The molecule has 0 bridgehead atoms. The third-order valence-corrected chi connectivity index (χ3v) is 4.78. The lowest BCUT2D eigenvalue weighted by Gasteiger charge is -2.15. The van der Waals surface area contributed by atoms with Gasteiger partial charge < -0.3 is 9.42 Å². The molecule has 4 heteroatoms. The lowest BCUT2D eigenvalue weighted by Crippen LogP contribution is -2.02. The summed E-state index contributed by atoms with van der Waals surface area (Å²) in [6, 6.07) is 0. The standard InChI is InChI=1S/C13H29O3P/c1-4-5-6-7-8-9-10-11-12-16-17(14,15)13(2)3/h13H,4-12H2,1-3H3,(H,14,15). The summed E-state index contributed by atoms with van der Waals surface area (Å²) in [6.07, 6.45) is 9.77. The second-order valence-corrected chi connectivity index (χ2v) is 7.39. The first-order chi connectivity index (χ1) is 8.00. The van der Waals surface area contributed by atoms with Gasteiger partial charge in [0.05, 0.1) is 12.3 Å². The predicted octanol–water partition coefficient (Wildman–Crippen LogP) is 4.74. The Labute approximate surface area is 106 Å². The van der Waals surface area contributed by atoms with Gasteiger partial charge in [-0.2, -0.15) is 0 Å². The monoisotopic (exact) mass is 264 g/mol. The molecule has 0 aliphatic carbocycles. The predicted molar refractivity (Wildman–Crippen MR) is 73.5 cm³/mol.